The summed E-state index contributed by atoms with van der Waals surface area (Å²) in [5, 5.41) is 0. The number of esters is 1. The lowest BCUT2D eigenvalue weighted by atomic mass is 10.1. The van der Waals surface area contributed by atoms with Gasteiger partial charge in [0.1, 0.15) is 0 Å². The summed E-state index contributed by atoms with van der Waals surface area (Å²) in [4.78, 5) is 10.7. The summed E-state index contributed by atoms with van der Waals surface area (Å²) >= 11 is 0. The fraction of sp³-hybridized carbons (Fsp3) is 0.154. The first-order valence-corrected chi connectivity index (χ1v) is 4.72. The summed E-state index contributed by atoms with van der Waals surface area (Å²) in [6.45, 7) is 2.05. The van der Waals surface area contributed by atoms with Crippen molar-refractivity contribution in [1.29, 1.82) is 0 Å². The highest BCUT2D eigenvalue weighted by molar-refractivity contribution is 5.82. The zero-order valence-corrected chi connectivity index (χ0v) is 8.94. The highest BCUT2D eigenvalue weighted by Crippen LogP contribution is 2.08. The van der Waals surface area contributed by atoms with Crippen molar-refractivity contribution in [3.63, 3.8) is 0 Å². The van der Waals surface area contributed by atoms with Crippen LogP contribution in [0.2, 0.25) is 0 Å². The van der Waals surface area contributed by atoms with Crippen LogP contribution < -0.4 is 0 Å². The van der Waals surface area contributed by atoms with Gasteiger partial charge < -0.3 is 4.74 Å². The summed E-state index contributed by atoms with van der Waals surface area (Å²) in [7, 11) is 1.36. The number of hydrogen-bond acceptors (Lipinski definition) is 2. The highest BCUT2D eigenvalue weighted by Gasteiger charge is 1.90. The second-order valence-corrected chi connectivity index (χ2v) is 3.10. The minimum absolute atomic E-state index is 0.343. The van der Waals surface area contributed by atoms with E-state index in [0.29, 0.717) is 0 Å². The molecule has 0 aliphatic rings. The standard InChI is InChI=1S/C13H14O2/c1-11-7-3-4-8-12(11)9-5-6-10-13(14)15-2/h3-10H,1-2H3/b9-5+,10-6-. The summed E-state index contributed by atoms with van der Waals surface area (Å²) in [5.74, 6) is -0.343. The van der Waals surface area contributed by atoms with Crippen molar-refractivity contribution in [3.8, 4) is 0 Å². The summed E-state index contributed by atoms with van der Waals surface area (Å²) < 4.78 is 4.47. The van der Waals surface area contributed by atoms with Crippen LogP contribution in [0, 0.1) is 6.92 Å². The zero-order chi connectivity index (χ0) is 11.1. The second kappa shape index (κ2) is 5.81. The van der Waals surface area contributed by atoms with E-state index in [1.54, 1.807) is 6.08 Å². The summed E-state index contributed by atoms with van der Waals surface area (Å²) in [6, 6.07) is 8.05. The number of allylic oxidation sites excluding steroid dienone is 2. The predicted molar refractivity (Wildman–Crippen MR) is 61.4 cm³/mol. The largest absolute Gasteiger partial charge is 0.466 e. The van der Waals surface area contributed by atoms with Gasteiger partial charge in [-0.2, -0.15) is 0 Å². The monoisotopic (exact) mass is 202 g/mol. The van der Waals surface area contributed by atoms with Gasteiger partial charge >= 0.3 is 5.97 Å². The molecule has 0 bridgehead atoms. The first-order chi connectivity index (χ1) is 7.24. The number of aryl methyl sites for hydroxylation is 1. The molecule has 15 heavy (non-hydrogen) atoms. The molecule has 0 N–H and O–H groups in total. The molecule has 0 unspecified atom stereocenters. The van der Waals surface area contributed by atoms with Gasteiger partial charge in [0.05, 0.1) is 7.11 Å². The van der Waals surface area contributed by atoms with Crippen molar-refractivity contribution >= 4 is 12.0 Å². The van der Waals surface area contributed by atoms with Crippen molar-refractivity contribution in [3.05, 3.63) is 53.6 Å². The van der Waals surface area contributed by atoms with Crippen LogP contribution in [0.1, 0.15) is 11.1 Å². The van der Waals surface area contributed by atoms with E-state index in [-0.39, 0.29) is 5.97 Å². The van der Waals surface area contributed by atoms with Crippen LogP contribution in [0.5, 0.6) is 0 Å². The van der Waals surface area contributed by atoms with Crippen molar-refractivity contribution in [1.82, 2.24) is 0 Å². The summed E-state index contributed by atoms with van der Waals surface area (Å²) in [6.07, 6.45) is 6.82. The van der Waals surface area contributed by atoms with Crippen LogP contribution in [-0.2, 0) is 9.53 Å². The lowest BCUT2D eigenvalue weighted by molar-refractivity contribution is -0.134. The zero-order valence-electron chi connectivity index (χ0n) is 8.94. The third kappa shape index (κ3) is 3.81. The maximum Gasteiger partial charge on any atom is 0.330 e. The van der Waals surface area contributed by atoms with Gasteiger partial charge in [-0.1, -0.05) is 42.5 Å². The van der Waals surface area contributed by atoms with Gasteiger partial charge in [-0.3, -0.25) is 0 Å². The van der Waals surface area contributed by atoms with Gasteiger partial charge in [-0.05, 0) is 18.1 Å². The average Bonchev–Trinajstić information content (AvgIpc) is 2.26. The number of carbonyl (C=O) groups excluding carboxylic acids is 1. The Hall–Kier alpha value is -1.83. The van der Waals surface area contributed by atoms with Gasteiger partial charge in [-0.15, -0.1) is 0 Å². The Morgan fingerprint density at radius 2 is 2.00 bits per heavy atom. The van der Waals surface area contributed by atoms with E-state index in [0.717, 1.165) is 5.56 Å². The minimum atomic E-state index is -0.343. The number of hydrogen-bond donors (Lipinski definition) is 0. The predicted octanol–water partition coefficient (Wildman–Crippen LogP) is 2.74. The van der Waals surface area contributed by atoms with Crippen LogP contribution >= 0.6 is 0 Å². The molecular weight excluding hydrogens is 188 g/mol. The molecular formula is C13H14O2. The SMILES string of the molecule is COC(=O)/C=C\C=C\c1ccccc1C. The van der Waals surface area contributed by atoms with Gasteiger partial charge in [0, 0.05) is 6.08 Å². The van der Waals surface area contributed by atoms with E-state index in [9.17, 15) is 4.79 Å². The van der Waals surface area contributed by atoms with E-state index in [1.807, 2.05) is 43.3 Å². The van der Waals surface area contributed by atoms with Crippen molar-refractivity contribution in [2.45, 2.75) is 6.92 Å². The average molecular weight is 202 g/mol. The second-order valence-electron chi connectivity index (χ2n) is 3.10. The summed E-state index contributed by atoms with van der Waals surface area (Å²) in [5.41, 5.74) is 2.35. The third-order valence-corrected chi connectivity index (χ3v) is 2.01. The molecule has 0 fully saturated rings. The molecule has 0 saturated heterocycles. The molecule has 0 saturated carbocycles. The molecule has 0 aliphatic carbocycles. The van der Waals surface area contributed by atoms with E-state index < -0.39 is 0 Å². The quantitative estimate of drug-likeness (QED) is 0.428. The third-order valence-electron chi connectivity index (χ3n) is 2.01. The highest BCUT2D eigenvalue weighted by atomic mass is 16.5. The fourth-order valence-electron chi connectivity index (χ4n) is 1.14. The first kappa shape index (κ1) is 11.2. The Balaban J connectivity index is 2.63. The molecule has 0 amide bonds. The molecule has 1 aromatic rings. The van der Waals surface area contributed by atoms with Crippen molar-refractivity contribution < 1.29 is 9.53 Å². The fourth-order valence-corrected chi connectivity index (χ4v) is 1.14. The lowest BCUT2D eigenvalue weighted by Gasteiger charge is -1.96. The normalized spacial score (nSPS) is 11.1. The molecule has 0 aliphatic heterocycles. The van der Waals surface area contributed by atoms with E-state index >= 15 is 0 Å². The van der Waals surface area contributed by atoms with Gasteiger partial charge in [0.15, 0.2) is 0 Å². The maximum atomic E-state index is 10.7. The molecule has 0 spiro atoms. The maximum absolute atomic E-state index is 10.7. The van der Waals surface area contributed by atoms with Crippen LogP contribution in [-0.4, -0.2) is 13.1 Å². The number of rotatable bonds is 3. The van der Waals surface area contributed by atoms with Crippen LogP contribution in [0.4, 0.5) is 0 Å². The van der Waals surface area contributed by atoms with Crippen LogP contribution in [0.25, 0.3) is 6.08 Å². The number of benzene rings is 1. The Labute approximate surface area is 89.9 Å². The van der Waals surface area contributed by atoms with E-state index in [2.05, 4.69) is 4.74 Å². The number of ether oxygens (including phenoxy) is 1. The van der Waals surface area contributed by atoms with E-state index in [1.165, 1.54) is 18.7 Å². The molecule has 0 heterocycles. The molecule has 78 valence electrons. The number of carbonyl (C=O) groups is 1. The Bertz CT molecular complexity index is 389. The van der Waals surface area contributed by atoms with Gasteiger partial charge in [-0.25, -0.2) is 4.79 Å². The Morgan fingerprint density at radius 1 is 1.27 bits per heavy atom. The molecule has 0 radical (unpaired) electrons. The Morgan fingerprint density at radius 3 is 2.67 bits per heavy atom. The van der Waals surface area contributed by atoms with Crippen LogP contribution in [0.15, 0.2) is 42.5 Å². The lowest BCUT2D eigenvalue weighted by Crippen LogP contribution is -1.92. The van der Waals surface area contributed by atoms with E-state index in [4.69, 9.17) is 0 Å². The van der Waals surface area contributed by atoms with Gasteiger partial charge in [0.25, 0.3) is 0 Å². The molecule has 1 rings (SSSR count). The molecule has 2 nitrogen and oxygen atoms in total. The molecule has 0 aromatic heterocycles. The van der Waals surface area contributed by atoms with Gasteiger partial charge in [0.2, 0.25) is 0 Å². The molecule has 1 aromatic carbocycles. The first-order valence-electron chi connectivity index (χ1n) is 4.72. The Kier molecular flexibility index (Phi) is 4.35. The minimum Gasteiger partial charge on any atom is -0.466 e. The van der Waals surface area contributed by atoms with Crippen molar-refractivity contribution in [2.24, 2.45) is 0 Å². The smallest absolute Gasteiger partial charge is 0.330 e. The van der Waals surface area contributed by atoms with Crippen LogP contribution in [0.3, 0.4) is 0 Å². The number of methoxy groups -OCH3 is 1. The molecule has 2 heteroatoms. The molecule has 0 atom stereocenters. The van der Waals surface area contributed by atoms with Crippen molar-refractivity contribution in [2.75, 3.05) is 7.11 Å². The topological polar surface area (TPSA) is 26.3 Å².